The van der Waals surface area contributed by atoms with Crippen LogP contribution in [0.15, 0.2) is 77.7 Å². The van der Waals surface area contributed by atoms with Crippen molar-refractivity contribution in [3.63, 3.8) is 0 Å². The molecule has 0 radical (unpaired) electrons. The van der Waals surface area contributed by atoms with Crippen LogP contribution in [0.2, 0.25) is 0 Å². The second kappa shape index (κ2) is 4.76. The highest BCUT2D eigenvalue weighted by Gasteiger charge is 2.16. The number of para-hydroxylation sites is 3. The molecule has 114 valence electrons. The Hall–Kier alpha value is -3.47. The zero-order valence-electron chi connectivity index (χ0n) is 12.6. The van der Waals surface area contributed by atoms with Gasteiger partial charge in [0.05, 0.1) is 21.9 Å². The fourth-order valence-corrected chi connectivity index (χ4v) is 3.15. The van der Waals surface area contributed by atoms with Gasteiger partial charge in [0.2, 0.25) is 5.78 Å². The summed E-state index contributed by atoms with van der Waals surface area (Å²) >= 11 is 0. The standard InChI is InChI=1S/C19H12N4O/c24-18-13-7-1-3-9-15(13)22(17-11-5-6-12-20-17)19-21-14-8-2-4-10-16(14)23(18)19/h1-12H. The van der Waals surface area contributed by atoms with Crippen LogP contribution >= 0.6 is 0 Å². The molecule has 0 saturated heterocycles. The van der Waals surface area contributed by atoms with E-state index in [1.807, 2.05) is 71.3 Å². The summed E-state index contributed by atoms with van der Waals surface area (Å²) in [6.07, 6.45) is 1.74. The topological polar surface area (TPSA) is 52.2 Å². The predicted molar refractivity (Wildman–Crippen MR) is 93.6 cm³/mol. The van der Waals surface area contributed by atoms with Gasteiger partial charge in [-0.05, 0) is 36.4 Å². The number of imidazole rings is 1. The molecule has 5 nitrogen and oxygen atoms in total. The van der Waals surface area contributed by atoms with Crippen molar-refractivity contribution in [1.29, 1.82) is 0 Å². The van der Waals surface area contributed by atoms with Crippen LogP contribution in [0, 0.1) is 0 Å². The van der Waals surface area contributed by atoms with E-state index < -0.39 is 0 Å². The second-order valence-corrected chi connectivity index (χ2v) is 5.58. The summed E-state index contributed by atoms with van der Waals surface area (Å²) in [5.74, 6) is 1.30. The molecule has 5 rings (SSSR count). The molecule has 0 aliphatic rings. The summed E-state index contributed by atoms with van der Waals surface area (Å²) in [6, 6.07) is 20.9. The fraction of sp³-hybridized carbons (Fsp3) is 0. The molecule has 0 bridgehead atoms. The Balaban J connectivity index is 2.13. The van der Waals surface area contributed by atoms with Crippen molar-refractivity contribution in [2.75, 3.05) is 0 Å². The van der Waals surface area contributed by atoms with E-state index >= 15 is 0 Å². The lowest BCUT2D eigenvalue weighted by molar-refractivity contribution is 0.981. The highest BCUT2D eigenvalue weighted by molar-refractivity contribution is 5.87. The first-order chi connectivity index (χ1) is 11.8. The molecule has 0 N–H and O–H groups in total. The van der Waals surface area contributed by atoms with Crippen LogP contribution < -0.4 is 5.56 Å². The van der Waals surface area contributed by atoms with Gasteiger partial charge in [-0.15, -0.1) is 0 Å². The summed E-state index contributed by atoms with van der Waals surface area (Å²) in [6.45, 7) is 0. The molecule has 24 heavy (non-hydrogen) atoms. The monoisotopic (exact) mass is 312 g/mol. The smallest absolute Gasteiger partial charge is 0.267 e. The number of nitrogens with zero attached hydrogens (tertiary/aromatic N) is 4. The maximum Gasteiger partial charge on any atom is 0.267 e. The molecule has 2 aromatic carbocycles. The zero-order valence-corrected chi connectivity index (χ0v) is 12.6. The van der Waals surface area contributed by atoms with E-state index in [2.05, 4.69) is 9.97 Å². The minimum atomic E-state index is -0.0681. The maximum atomic E-state index is 13.0. The summed E-state index contributed by atoms with van der Waals surface area (Å²) in [5.41, 5.74) is 2.31. The van der Waals surface area contributed by atoms with Crippen molar-refractivity contribution in [1.82, 2.24) is 18.9 Å². The van der Waals surface area contributed by atoms with Gasteiger partial charge in [0.25, 0.3) is 5.56 Å². The normalized spacial score (nSPS) is 11.5. The van der Waals surface area contributed by atoms with Crippen LogP contribution in [0.4, 0.5) is 0 Å². The molecule has 0 saturated carbocycles. The SMILES string of the molecule is O=c1c2ccccc2n(-c2ccccn2)c2nc3ccccc3n12. The van der Waals surface area contributed by atoms with Crippen LogP contribution in [-0.2, 0) is 0 Å². The summed E-state index contributed by atoms with van der Waals surface area (Å²) in [5, 5.41) is 0.638. The molecule has 0 atom stereocenters. The number of pyridine rings is 1. The Morgan fingerprint density at radius 2 is 1.54 bits per heavy atom. The van der Waals surface area contributed by atoms with E-state index in [9.17, 15) is 4.79 Å². The number of hydrogen-bond acceptors (Lipinski definition) is 3. The number of fused-ring (bicyclic) bond motifs is 4. The van der Waals surface area contributed by atoms with Gasteiger partial charge in [0.1, 0.15) is 5.82 Å². The van der Waals surface area contributed by atoms with E-state index in [4.69, 9.17) is 0 Å². The molecule has 0 unspecified atom stereocenters. The Morgan fingerprint density at radius 1 is 0.792 bits per heavy atom. The van der Waals surface area contributed by atoms with Crippen LogP contribution in [-0.4, -0.2) is 18.9 Å². The van der Waals surface area contributed by atoms with Gasteiger partial charge in [-0.25, -0.2) is 14.4 Å². The molecule has 0 aliphatic heterocycles. The minimum Gasteiger partial charge on any atom is -0.268 e. The first-order valence-electron chi connectivity index (χ1n) is 7.67. The van der Waals surface area contributed by atoms with Crippen molar-refractivity contribution in [3.8, 4) is 5.82 Å². The molecule has 3 aromatic heterocycles. The van der Waals surface area contributed by atoms with E-state index in [1.54, 1.807) is 10.6 Å². The van der Waals surface area contributed by atoms with E-state index in [0.717, 1.165) is 22.4 Å². The molecule has 5 heteroatoms. The van der Waals surface area contributed by atoms with Crippen molar-refractivity contribution < 1.29 is 0 Å². The van der Waals surface area contributed by atoms with Crippen LogP contribution in [0.3, 0.4) is 0 Å². The van der Waals surface area contributed by atoms with Crippen LogP contribution in [0.5, 0.6) is 0 Å². The lowest BCUT2D eigenvalue weighted by Crippen LogP contribution is -2.18. The van der Waals surface area contributed by atoms with Gasteiger partial charge < -0.3 is 0 Å². The third-order valence-electron chi connectivity index (χ3n) is 4.20. The average molecular weight is 312 g/mol. The van der Waals surface area contributed by atoms with E-state index in [1.165, 1.54) is 0 Å². The Kier molecular flexibility index (Phi) is 2.58. The quantitative estimate of drug-likeness (QED) is 0.478. The molecular weight excluding hydrogens is 300 g/mol. The van der Waals surface area contributed by atoms with Crippen molar-refractivity contribution in [2.45, 2.75) is 0 Å². The number of rotatable bonds is 1. The van der Waals surface area contributed by atoms with Gasteiger partial charge in [-0.3, -0.25) is 9.36 Å². The van der Waals surface area contributed by atoms with Crippen LogP contribution in [0.1, 0.15) is 0 Å². The second-order valence-electron chi connectivity index (χ2n) is 5.58. The van der Waals surface area contributed by atoms with E-state index in [0.29, 0.717) is 11.2 Å². The lowest BCUT2D eigenvalue weighted by atomic mass is 10.2. The molecule has 5 aromatic rings. The van der Waals surface area contributed by atoms with Gasteiger partial charge in [-0.2, -0.15) is 0 Å². The third kappa shape index (κ3) is 1.66. The molecule has 0 fully saturated rings. The van der Waals surface area contributed by atoms with Crippen LogP contribution in [0.25, 0.3) is 33.5 Å². The molecular formula is C19H12N4O. The van der Waals surface area contributed by atoms with E-state index in [-0.39, 0.29) is 5.56 Å². The summed E-state index contributed by atoms with van der Waals surface area (Å²) in [7, 11) is 0. The summed E-state index contributed by atoms with van der Waals surface area (Å²) in [4.78, 5) is 22.2. The first kappa shape index (κ1) is 13.0. The maximum absolute atomic E-state index is 13.0. The van der Waals surface area contributed by atoms with Gasteiger partial charge in [-0.1, -0.05) is 30.3 Å². The largest absolute Gasteiger partial charge is 0.268 e. The highest BCUT2D eigenvalue weighted by Crippen LogP contribution is 2.22. The number of benzene rings is 2. The van der Waals surface area contributed by atoms with Gasteiger partial charge >= 0.3 is 0 Å². The molecule has 0 amide bonds. The van der Waals surface area contributed by atoms with Crippen molar-refractivity contribution >= 4 is 27.7 Å². The average Bonchev–Trinajstić information content (AvgIpc) is 3.02. The minimum absolute atomic E-state index is 0.0681. The Bertz CT molecular complexity index is 1270. The highest BCUT2D eigenvalue weighted by atomic mass is 16.1. The zero-order chi connectivity index (χ0) is 16.1. The molecule has 0 spiro atoms. The lowest BCUT2D eigenvalue weighted by Gasteiger charge is -2.11. The molecule has 0 aliphatic carbocycles. The fourth-order valence-electron chi connectivity index (χ4n) is 3.15. The Morgan fingerprint density at radius 3 is 2.38 bits per heavy atom. The summed E-state index contributed by atoms with van der Waals surface area (Å²) < 4.78 is 3.59. The predicted octanol–water partition coefficient (Wildman–Crippen LogP) is 3.19. The van der Waals surface area contributed by atoms with Crippen molar-refractivity contribution in [2.24, 2.45) is 0 Å². The van der Waals surface area contributed by atoms with Gasteiger partial charge in [0.15, 0.2) is 0 Å². The third-order valence-corrected chi connectivity index (χ3v) is 4.20. The van der Waals surface area contributed by atoms with Gasteiger partial charge in [0, 0.05) is 6.20 Å². The first-order valence-corrected chi connectivity index (χ1v) is 7.67. The molecule has 3 heterocycles. The Labute approximate surface area is 136 Å². The number of aromatic nitrogens is 4. The number of hydrogen-bond donors (Lipinski definition) is 0. The van der Waals surface area contributed by atoms with Crippen molar-refractivity contribution in [3.05, 3.63) is 83.3 Å².